The molecule has 110 valence electrons. The van der Waals surface area contributed by atoms with Gasteiger partial charge in [-0.3, -0.25) is 4.79 Å². The molecule has 0 aromatic heterocycles. The van der Waals surface area contributed by atoms with Gasteiger partial charge in [-0.05, 0) is 44.0 Å². The monoisotopic (exact) mass is 283 g/mol. The van der Waals surface area contributed by atoms with Gasteiger partial charge in [0.25, 0.3) is 0 Å². The molecule has 0 fully saturated rings. The number of hydrogen-bond donors (Lipinski definition) is 1. The Morgan fingerprint density at radius 3 is 2.52 bits per heavy atom. The van der Waals surface area contributed by atoms with Gasteiger partial charge in [0, 0.05) is 17.8 Å². The Labute approximate surface area is 126 Å². The van der Waals surface area contributed by atoms with Crippen molar-refractivity contribution >= 4 is 17.3 Å². The van der Waals surface area contributed by atoms with Crippen molar-refractivity contribution in [1.82, 2.24) is 0 Å². The second kappa shape index (κ2) is 7.48. The predicted molar refractivity (Wildman–Crippen MR) is 85.9 cm³/mol. The van der Waals surface area contributed by atoms with E-state index in [1.54, 1.807) is 0 Å². The van der Waals surface area contributed by atoms with Crippen LogP contribution in [0.3, 0.4) is 0 Å². The van der Waals surface area contributed by atoms with Crippen LogP contribution in [-0.4, -0.2) is 12.6 Å². The van der Waals surface area contributed by atoms with Crippen LogP contribution in [0.2, 0.25) is 0 Å². The summed E-state index contributed by atoms with van der Waals surface area (Å²) in [5.41, 5.74) is 4.43. The number of rotatable bonds is 6. The van der Waals surface area contributed by atoms with Crippen LogP contribution in [0.1, 0.15) is 24.5 Å². The number of carbonyl (C=O) groups is 1. The fourth-order valence-corrected chi connectivity index (χ4v) is 2.12. The fraction of sp³-hybridized carbons (Fsp3) is 0.278. The second-order valence-electron chi connectivity index (χ2n) is 4.95. The zero-order valence-corrected chi connectivity index (χ0v) is 12.6. The SMILES string of the molecule is CCOC(=O)CCc1ccccc1Nc1ccc(C)cc1. The molecule has 0 aliphatic rings. The second-order valence-corrected chi connectivity index (χ2v) is 4.95. The van der Waals surface area contributed by atoms with Gasteiger partial charge in [-0.15, -0.1) is 0 Å². The topological polar surface area (TPSA) is 38.3 Å². The van der Waals surface area contributed by atoms with Crippen LogP contribution in [0.15, 0.2) is 48.5 Å². The Morgan fingerprint density at radius 2 is 1.81 bits per heavy atom. The quantitative estimate of drug-likeness (QED) is 0.806. The van der Waals surface area contributed by atoms with E-state index in [0.29, 0.717) is 19.4 Å². The average Bonchev–Trinajstić information content (AvgIpc) is 2.49. The minimum absolute atomic E-state index is 0.150. The van der Waals surface area contributed by atoms with E-state index in [2.05, 4.69) is 36.5 Å². The minimum atomic E-state index is -0.150. The van der Waals surface area contributed by atoms with Gasteiger partial charge in [0.2, 0.25) is 0 Å². The van der Waals surface area contributed by atoms with Gasteiger partial charge >= 0.3 is 5.97 Å². The Balaban J connectivity index is 2.06. The lowest BCUT2D eigenvalue weighted by Crippen LogP contribution is -2.06. The molecule has 0 unspecified atom stereocenters. The van der Waals surface area contributed by atoms with Gasteiger partial charge in [0.1, 0.15) is 0 Å². The summed E-state index contributed by atoms with van der Waals surface area (Å²) in [5.74, 6) is -0.150. The molecule has 1 N–H and O–H groups in total. The van der Waals surface area contributed by atoms with Gasteiger partial charge < -0.3 is 10.1 Å². The van der Waals surface area contributed by atoms with Crippen LogP contribution >= 0.6 is 0 Å². The highest BCUT2D eigenvalue weighted by atomic mass is 16.5. The molecule has 21 heavy (non-hydrogen) atoms. The number of benzene rings is 2. The molecule has 0 saturated carbocycles. The van der Waals surface area contributed by atoms with Crippen LogP contribution in [0.5, 0.6) is 0 Å². The van der Waals surface area contributed by atoms with Crippen molar-refractivity contribution < 1.29 is 9.53 Å². The normalized spacial score (nSPS) is 10.2. The average molecular weight is 283 g/mol. The van der Waals surface area contributed by atoms with E-state index in [9.17, 15) is 4.79 Å². The molecular weight excluding hydrogens is 262 g/mol. The molecular formula is C18H21NO2. The zero-order chi connectivity index (χ0) is 15.1. The number of hydrogen-bond acceptors (Lipinski definition) is 3. The molecule has 0 aliphatic heterocycles. The molecule has 0 aliphatic carbocycles. The molecule has 0 atom stereocenters. The van der Waals surface area contributed by atoms with E-state index in [1.165, 1.54) is 5.56 Å². The first-order valence-corrected chi connectivity index (χ1v) is 7.26. The van der Waals surface area contributed by atoms with Gasteiger partial charge in [0.05, 0.1) is 6.61 Å². The summed E-state index contributed by atoms with van der Waals surface area (Å²) in [6.07, 6.45) is 1.08. The molecule has 0 spiro atoms. The van der Waals surface area contributed by atoms with Gasteiger partial charge in [0.15, 0.2) is 0 Å². The fourth-order valence-electron chi connectivity index (χ4n) is 2.12. The van der Waals surface area contributed by atoms with E-state index in [-0.39, 0.29) is 5.97 Å². The van der Waals surface area contributed by atoms with Crippen LogP contribution in [0.25, 0.3) is 0 Å². The number of nitrogens with one attached hydrogen (secondary N) is 1. The maximum Gasteiger partial charge on any atom is 0.306 e. The Morgan fingerprint density at radius 1 is 1.10 bits per heavy atom. The lowest BCUT2D eigenvalue weighted by molar-refractivity contribution is -0.143. The Kier molecular flexibility index (Phi) is 5.38. The summed E-state index contributed by atoms with van der Waals surface area (Å²) in [6, 6.07) is 16.3. The maximum atomic E-state index is 11.5. The molecule has 2 rings (SSSR count). The summed E-state index contributed by atoms with van der Waals surface area (Å²) >= 11 is 0. The highest BCUT2D eigenvalue weighted by molar-refractivity contribution is 5.71. The van der Waals surface area contributed by atoms with Crippen LogP contribution in [0, 0.1) is 6.92 Å². The van der Waals surface area contributed by atoms with E-state index in [1.807, 2.05) is 31.2 Å². The molecule has 0 heterocycles. The van der Waals surface area contributed by atoms with E-state index < -0.39 is 0 Å². The molecule has 0 saturated heterocycles. The zero-order valence-electron chi connectivity index (χ0n) is 12.6. The van der Waals surface area contributed by atoms with Gasteiger partial charge in [-0.2, -0.15) is 0 Å². The first-order chi connectivity index (χ1) is 10.2. The van der Waals surface area contributed by atoms with Crippen LogP contribution < -0.4 is 5.32 Å². The third kappa shape index (κ3) is 4.63. The number of anilines is 2. The number of ether oxygens (including phenoxy) is 1. The molecule has 2 aromatic carbocycles. The first kappa shape index (κ1) is 15.1. The summed E-state index contributed by atoms with van der Waals surface area (Å²) in [5, 5.41) is 3.40. The standard InChI is InChI=1S/C18H21NO2/c1-3-21-18(20)13-10-15-6-4-5-7-17(15)19-16-11-8-14(2)9-12-16/h4-9,11-12,19H,3,10,13H2,1-2H3. The Bertz CT molecular complexity index is 590. The molecule has 3 heteroatoms. The summed E-state index contributed by atoms with van der Waals surface area (Å²) in [7, 11) is 0. The predicted octanol–water partition coefficient (Wildman–Crippen LogP) is 4.23. The van der Waals surface area contributed by atoms with Crippen LogP contribution in [0.4, 0.5) is 11.4 Å². The van der Waals surface area contributed by atoms with Gasteiger partial charge in [-0.25, -0.2) is 0 Å². The largest absolute Gasteiger partial charge is 0.466 e. The Hall–Kier alpha value is -2.29. The summed E-state index contributed by atoms with van der Waals surface area (Å²) in [6.45, 7) is 4.32. The van der Waals surface area contributed by atoms with Crippen molar-refractivity contribution in [3.05, 3.63) is 59.7 Å². The van der Waals surface area contributed by atoms with Crippen molar-refractivity contribution in [2.75, 3.05) is 11.9 Å². The van der Waals surface area contributed by atoms with Crippen molar-refractivity contribution in [1.29, 1.82) is 0 Å². The van der Waals surface area contributed by atoms with Crippen molar-refractivity contribution in [2.24, 2.45) is 0 Å². The minimum Gasteiger partial charge on any atom is -0.466 e. The number of esters is 1. The molecule has 3 nitrogen and oxygen atoms in total. The summed E-state index contributed by atoms with van der Waals surface area (Å²) in [4.78, 5) is 11.5. The molecule has 0 radical (unpaired) electrons. The first-order valence-electron chi connectivity index (χ1n) is 7.26. The number of aryl methyl sites for hydroxylation is 2. The third-order valence-electron chi connectivity index (χ3n) is 3.25. The maximum absolute atomic E-state index is 11.5. The van der Waals surface area contributed by atoms with Crippen molar-refractivity contribution in [3.63, 3.8) is 0 Å². The van der Waals surface area contributed by atoms with Gasteiger partial charge in [-0.1, -0.05) is 35.9 Å². The summed E-state index contributed by atoms with van der Waals surface area (Å²) < 4.78 is 4.98. The molecule has 2 aromatic rings. The van der Waals surface area contributed by atoms with Crippen molar-refractivity contribution in [2.45, 2.75) is 26.7 Å². The molecule has 0 bridgehead atoms. The highest BCUT2D eigenvalue weighted by Crippen LogP contribution is 2.22. The lowest BCUT2D eigenvalue weighted by atomic mass is 10.1. The molecule has 0 amide bonds. The lowest BCUT2D eigenvalue weighted by Gasteiger charge is -2.12. The van der Waals surface area contributed by atoms with E-state index in [0.717, 1.165) is 16.9 Å². The van der Waals surface area contributed by atoms with E-state index in [4.69, 9.17) is 4.74 Å². The van der Waals surface area contributed by atoms with E-state index >= 15 is 0 Å². The van der Waals surface area contributed by atoms with Crippen LogP contribution in [-0.2, 0) is 16.0 Å². The highest BCUT2D eigenvalue weighted by Gasteiger charge is 2.06. The van der Waals surface area contributed by atoms with Crippen molar-refractivity contribution in [3.8, 4) is 0 Å². The third-order valence-corrected chi connectivity index (χ3v) is 3.25. The number of para-hydroxylation sites is 1. The number of carbonyl (C=O) groups excluding carboxylic acids is 1. The smallest absolute Gasteiger partial charge is 0.306 e.